The van der Waals surface area contributed by atoms with Crippen molar-refractivity contribution in [1.29, 1.82) is 0 Å². The second-order valence-electron chi connectivity index (χ2n) is 4.79. The predicted octanol–water partition coefficient (Wildman–Crippen LogP) is 1.14. The van der Waals surface area contributed by atoms with Crippen molar-refractivity contribution < 1.29 is 24.9 Å². The van der Waals surface area contributed by atoms with Gasteiger partial charge in [0.2, 0.25) is 0 Å². The van der Waals surface area contributed by atoms with Gasteiger partial charge in [-0.2, -0.15) is 0 Å². The standard InChI is InChI=1S/C14H20N2O5/c1-3-6-16(2)14(21)15-10(13(19)20)7-9-4-5-11(17)12(18)8-9/h4-5,8,10,17-18H,3,6-7H2,1-2H3,(H,15,21)(H,19,20)/t10-/m0/s1. The van der Waals surface area contributed by atoms with E-state index in [4.69, 9.17) is 0 Å². The molecule has 1 atom stereocenters. The summed E-state index contributed by atoms with van der Waals surface area (Å²) in [5.41, 5.74) is 0.496. The molecule has 1 aromatic rings. The molecule has 1 aromatic carbocycles. The zero-order chi connectivity index (χ0) is 16.0. The maximum atomic E-state index is 11.8. The predicted molar refractivity (Wildman–Crippen MR) is 76.4 cm³/mol. The van der Waals surface area contributed by atoms with Gasteiger partial charge >= 0.3 is 12.0 Å². The van der Waals surface area contributed by atoms with Crippen molar-refractivity contribution in [3.05, 3.63) is 23.8 Å². The first-order valence-corrected chi connectivity index (χ1v) is 6.60. The first-order chi connectivity index (χ1) is 9.85. The number of carboxylic acids is 1. The highest BCUT2D eigenvalue weighted by Crippen LogP contribution is 2.25. The van der Waals surface area contributed by atoms with Crippen molar-refractivity contribution in [2.75, 3.05) is 13.6 Å². The van der Waals surface area contributed by atoms with Crippen LogP contribution < -0.4 is 5.32 Å². The number of nitrogens with zero attached hydrogens (tertiary/aromatic N) is 1. The average molecular weight is 296 g/mol. The Bertz CT molecular complexity index is 518. The fourth-order valence-corrected chi connectivity index (χ4v) is 1.83. The Kier molecular flexibility index (Phi) is 5.83. The second-order valence-corrected chi connectivity index (χ2v) is 4.79. The van der Waals surface area contributed by atoms with Gasteiger partial charge in [-0.25, -0.2) is 9.59 Å². The van der Waals surface area contributed by atoms with Crippen LogP contribution in [0.1, 0.15) is 18.9 Å². The molecular formula is C14H20N2O5. The number of amides is 2. The molecule has 0 saturated carbocycles. The van der Waals surface area contributed by atoms with Gasteiger partial charge in [-0.05, 0) is 24.1 Å². The summed E-state index contributed by atoms with van der Waals surface area (Å²) in [7, 11) is 1.59. The fraction of sp³-hybridized carbons (Fsp3) is 0.429. The number of carbonyl (C=O) groups excluding carboxylic acids is 1. The minimum absolute atomic E-state index is 0.00881. The van der Waals surface area contributed by atoms with Gasteiger partial charge in [0.1, 0.15) is 6.04 Å². The molecule has 21 heavy (non-hydrogen) atoms. The van der Waals surface area contributed by atoms with Crippen LogP contribution in [0.15, 0.2) is 18.2 Å². The molecule has 0 aromatic heterocycles. The lowest BCUT2D eigenvalue weighted by atomic mass is 10.1. The maximum absolute atomic E-state index is 11.8. The summed E-state index contributed by atoms with van der Waals surface area (Å²) in [6.45, 7) is 2.44. The molecule has 0 bridgehead atoms. The number of hydrogen-bond acceptors (Lipinski definition) is 4. The molecule has 7 heteroatoms. The van der Waals surface area contributed by atoms with E-state index in [1.54, 1.807) is 7.05 Å². The molecule has 0 saturated heterocycles. The van der Waals surface area contributed by atoms with Crippen LogP contribution in [0.2, 0.25) is 0 Å². The third-order valence-electron chi connectivity index (χ3n) is 2.98. The first kappa shape index (κ1) is 16.6. The molecule has 0 unspecified atom stereocenters. The molecule has 2 amide bonds. The zero-order valence-electron chi connectivity index (χ0n) is 12.0. The zero-order valence-corrected chi connectivity index (χ0v) is 12.0. The molecule has 0 aliphatic carbocycles. The van der Waals surface area contributed by atoms with E-state index in [2.05, 4.69) is 5.32 Å². The number of rotatable bonds is 6. The Morgan fingerprint density at radius 2 is 1.95 bits per heavy atom. The summed E-state index contributed by atoms with van der Waals surface area (Å²) in [5, 5.41) is 30.2. The summed E-state index contributed by atoms with van der Waals surface area (Å²) in [6.07, 6.45) is 0.780. The maximum Gasteiger partial charge on any atom is 0.326 e. The SMILES string of the molecule is CCCN(C)C(=O)N[C@@H](Cc1ccc(O)c(O)c1)C(=O)O. The van der Waals surface area contributed by atoms with Crippen LogP contribution in [0.25, 0.3) is 0 Å². The average Bonchev–Trinajstić information content (AvgIpc) is 2.42. The lowest BCUT2D eigenvalue weighted by Crippen LogP contribution is -2.47. The Labute approximate surface area is 122 Å². The number of urea groups is 1. The van der Waals surface area contributed by atoms with E-state index in [1.165, 1.54) is 23.1 Å². The Morgan fingerprint density at radius 3 is 2.48 bits per heavy atom. The molecule has 0 spiro atoms. The van der Waals surface area contributed by atoms with Crippen molar-refractivity contribution in [2.45, 2.75) is 25.8 Å². The summed E-state index contributed by atoms with van der Waals surface area (Å²) in [4.78, 5) is 24.5. The summed E-state index contributed by atoms with van der Waals surface area (Å²) < 4.78 is 0. The summed E-state index contributed by atoms with van der Waals surface area (Å²) in [6, 6.07) is 2.46. The minimum atomic E-state index is -1.17. The number of benzene rings is 1. The molecule has 0 heterocycles. The third-order valence-corrected chi connectivity index (χ3v) is 2.98. The van der Waals surface area contributed by atoms with Crippen LogP contribution in [-0.2, 0) is 11.2 Å². The number of phenolic OH excluding ortho intramolecular Hbond substituents is 2. The monoisotopic (exact) mass is 296 g/mol. The van der Waals surface area contributed by atoms with Gasteiger partial charge in [-0.1, -0.05) is 13.0 Å². The van der Waals surface area contributed by atoms with Crippen molar-refractivity contribution in [3.63, 3.8) is 0 Å². The fourth-order valence-electron chi connectivity index (χ4n) is 1.83. The van der Waals surface area contributed by atoms with Crippen LogP contribution in [0.3, 0.4) is 0 Å². The number of phenols is 2. The van der Waals surface area contributed by atoms with E-state index < -0.39 is 18.0 Å². The lowest BCUT2D eigenvalue weighted by molar-refractivity contribution is -0.139. The number of carbonyl (C=O) groups is 2. The van der Waals surface area contributed by atoms with Gasteiger partial charge in [0.05, 0.1) is 0 Å². The topological polar surface area (TPSA) is 110 Å². The number of nitrogens with one attached hydrogen (secondary N) is 1. The van der Waals surface area contributed by atoms with Gasteiger partial charge in [0.25, 0.3) is 0 Å². The van der Waals surface area contributed by atoms with Gasteiger partial charge < -0.3 is 25.5 Å². The quantitative estimate of drug-likeness (QED) is 0.588. The number of hydrogen-bond donors (Lipinski definition) is 4. The molecule has 0 fully saturated rings. The number of carboxylic acid groups (broad SMARTS) is 1. The minimum Gasteiger partial charge on any atom is -0.504 e. The van der Waals surface area contributed by atoms with Crippen LogP contribution in [0, 0.1) is 0 Å². The Morgan fingerprint density at radius 1 is 1.29 bits per heavy atom. The number of aromatic hydroxyl groups is 2. The van der Waals surface area contributed by atoms with Crippen LogP contribution in [0.5, 0.6) is 11.5 Å². The highest BCUT2D eigenvalue weighted by atomic mass is 16.4. The van der Waals surface area contributed by atoms with E-state index in [0.29, 0.717) is 12.1 Å². The third kappa shape index (κ3) is 4.87. The van der Waals surface area contributed by atoms with Crippen LogP contribution in [-0.4, -0.2) is 51.9 Å². The number of aliphatic carboxylic acids is 1. The smallest absolute Gasteiger partial charge is 0.326 e. The van der Waals surface area contributed by atoms with E-state index in [0.717, 1.165) is 6.42 Å². The van der Waals surface area contributed by atoms with E-state index in [1.807, 2.05) is 6.92 Å². The van der Waals surface area contributed by atoms with Crippen LogP contribution >= 0.6 is 0 Å². The van der Waals surface area contributed by atoms with Crippen molar-refractivity contribution in [3.8, 4) is 11.5 Å². The Hall–Kier alpha value is -2.44. The van der Waals surface area contributed by atoms with Crippen LogP contribution in [0.4, 0.5) is 4.79 Å². The van der Waals surface area contributed by atoms with Crippen molar-refractivity contribution in [2.24, 2.45) is 0 Å². The van der Waals surface area contributed by atoms with E-state index in [-0.39, 0.29) is 17.9 Å². The highest BCUT2D eigenvalue weighted by molar-refractivity contribution is 5.82. The molecular weight excluding hydrogens is 276 g/mol. The molecule has 1 rings (SSSR count). The second kappa shape index (κ2) is 7.37. The largest absolute Gasteiger partial charge is 0.504 e. The molecule has 7 nitrogen and oxygen atoms in total. The van der Waals surface area contributed by atoms with Crippen molar-refractivity contribution >= 4 is 12.0 Å². The lowest BCUT2D eigenvalue weighted by Gasteiger charge is -2.21. The van der Waals surface area contributed by atoms with E-state index in [9.17, 15) is 24.9 Å². The van der Waals surface area contributed by atoms with Gasteiger partial charge in [-0.15, -0.1) is 0 Å². The highest BCUT2D eigenvalue weighted by Gasteiger charge is 2.22. The molecule has 0 aliphatic rings. The van der Waals surface area contributed by atoms with Gasteiger partial charge in [0, 0.05) is 20.0 Å². The Balaban J connectivity index is 2.76. The summed E-state index contributed by atoms with van der Waals surface area (Å²) in [5.74, 6) is -1.77. The molecule has 116 valence electrons. The van der Waals surface area contributed by atoms with Gasteiger partial charge in [0.15, 0.2) is 11.5 Å². The van der Waals surface area contributed by atoms with Crippen molar-refractivity contribution in [1.82, 2.24) is 10.2 Å². The first-order valence-electron chi connectivity index (χ1n) is 6.60. The normalized spacial score (nSPS) is 11.7. The molecule has 0 radical (unpaired) electrons. The summed E-state index contributed by atoms with van der Waals surface area (Å²) >= 11 is 0. The molecule has 4 N–H and O–H groups in total. The van der Waals surface area contributed by atoms with E-state index >= 15 is 0 Å². The van der Waals surface area contributed by atoms with Gasteiger partial charge in [-0.3, -0.25) is 0 Å². The molecule has 0 aliphatic heterocycles.